The fraction of sp³-hybridized carbons (Fsp3) is 0. The van der Waals surface area contributed by atoms with Crippen molar-refractivity contribution >= 4 is 71.1 Å². The van der Waals surface area contributed by atoms with E-state index in [2.05, 4.69) is 175 Å². The summed E-state index contributed by atoms with van der Waals surface area (Å²) >= 11 is 0. The van der Waals surface area contributed by atoms with Crippen molar-refractivity contribution in [1.29, 1.82) is 0 Å². The Morgan fingerprint density at radius 3 is 1.78 bits per heavy atom. The molecular formula is C48H31NO. The zero-order chi connectivity index (χ0) is 33.0. The summed E-state index contributed by atoms with van der Waals surface area (Å²) in [5, 5.41) is 11.0. The van der Waals surface area contributed by atoms with E-state index in [0.29, 0.717) is 0 Å². The molecule has 0 unspecified atom stereocenters. The lowest BCUT2D eigenvalue weighted by Crippen LogP contribution is -2.10. The summed E-state index contributed by atoms with van der Waals surface area (Å²) in [6.07, 6.45) is 0. The van der Waals surface area contributed by atoms with Gasteiger partial charge < -0.3 is 9.32 Å². The maximum atomic E-state index is 6.19. The second kappa shape index (κ2) is 11.5. The number of benzene rings is 9. The first-order valence-corrected chi connectivity index (χ1v) is 17.1. The number of fused-ring (bicyclic) bond motifs is 6. The predicted molar refractivity (Wildman–Crippen MR) is 212 cm³/mol. The molecule has 2 nitrogen and oxygen atoms in total. The van der Waals surface area contributed by atoms with E-state index < -0.39 is 0 Å². The number of para-hydroxylation sites is 1. The van der Waals surface area contributed by atoms with Gasteiger partial charge in [-0.1, -0.05) is 133 Å². The Hall–Kier alpha value is -6.64. The van der Waals surface area contributed by atoms with Gasteiger partial charge in [0.25, 0.3) is 0 Å². The van der Waals surface area contributed by atoms with Crippen LogP contribution in [0.3, 0.4) is 0 Å². The van der Waals surface area contributed by atoms with Crippen LogP contribution in [0.4, 0.5) is 17.1 Å². The highest BCUT2D eigenvalue weighted by Gasteiger charge is 2.17. The van der Waals surface area contributed by atoms with Gasteiger partial charge in [0.05, 0.1) is 5.69 Å². The minimum atomic E-state index is 0.883. The molecule has 0 spiro atoms. The van der Waals surface area contributed by atoms with Crippen molar-refractivity contribution in [1.82, 2.24) is 0 Å². The summed E-state index contributed by atoms with van der Waals surface area (Å²) in [4.78, 5) is 2.40. The summed E-state index contributed by atoms with van der Waals surface area (Å²) in [5.74, 6) is 0.883. The van der Waals surface area contributed by atoms with Crippen LogP contribution in [0.25, 0.3) is 76.5 Å². The van der Waals surface area contributed by atoms with Gasteiger partial charge in [-0.05, 0) is 103 Å². The van der Waals surface area contributed by atoms with E-state index >= 15 is 0 Å². The van der Waals surface area contributed by atoms with Crippen molar-refractivity contribution in [2.45, 2.75) is 0 Å². The van der Waals surface area contributed by atoms with Crippen LogP contribution >= 0.6 is 0 Å². The molecule has 2 heteroatoms. The standard InChI is InChI=1S/C48H31NO/c1-4-15-43-33(10-1)19-22-38-30-42(25-26-44(38)43)49(46-17-8-12-32-9-2-5-16-45(32)46)41-24-23-36-27-35(20-21-37(36)29-41)34-13-7-14-39(28-34)48-31-40-11-3-6-18-47(40)50-48/h1-31H. The Labute approximate surface area is 290 Å². The van der Waals surface area contributed by atoms with Crippen molar-refractivity contribution in [2.75, 3.05) is 4.90 Å². The quantitative estimate of drug-likeness (QED) is 0.175. The number of hydrogen-bond donors (Lipinski definition) is 0. The van der Waals surface area contributed by atoms with Crippen LogP contribution in [0, 0.1) is 0 Å². The van der Waals surface area contributed by atoms with Gasteiger partial charge in [-0.15, -0.1) is 0 Å². The van der Waals surface area contributed by atoms with Crippen LogP contribution in [-0.2, 0) is 0 Å². The first kappa shape index (κ1) is 28.4. The van der Waals surface area contributed by atoms with Crippen LogP contribution in [0.5, 0.6) is 0 Å². The summed E-state index contributed by atoms with van der Waals surface area (Å²) < 4.78 is 6.19. The molecule has 0 saturated heterocycles. The maximum absolute atomic E-state index is 6.19. The Kier molecular flexibility index (Phi) is 6.53. The summed E-state index contributed by atoms with van der Waals surface area (Å²) in [6, 6.07) is 67.7. The molecule has 0 saturated carbocycles. The number of nitrogens with zero attached hydrogens (tertiary/aromatic N) is 1. The van der Waals surface area contributed by atoms with Crippen molar-refractivity contribution < 1.29 is 4.42 Å². The zero-order valence-corrected chi connectivity index (χ0v) is 27.3. The van der Waals surface area contributed by atoms with Gasteiger partial charge in [0.1, 0.15) is 11.3 Å². The molecule has 9 aromatic carbocycles. The van der Waals surface area contributed by atoms with E-state index in [1.165, 1.54) is 48.7 Å². The minimum absolute atomic E-state index is 0.883. The Morgan fingerprint density at radius 1 is 0.320 bits per heavy atom. The molecule has 0 aliphatic heterocycles. The maximum Gasteiger partial charge on any atom is 0.135 e. The van der Waals surface area contributed by atoms with Gasteiger partial charge in [0.15, 0.2) is 0 Å². The van der Waals surface area contributed by atoms with Crippen molar-refractivity contribution in [2.24, 2.45) is 0 Å². The van der Waals surface area contributed by atoms with Crippen LogP contribution < -0.4 is 4.90 Å². The van der Waals surface area contributed by atoms with Gasteiger partial charge in [0.2, 0.25) is 0 Å². The van der Waals surface area contributed by atoms with E-state index in [-0.39, 0.29) is 0 Å². The Morgan fingerprint density at radius 2 is 0.900 bits per heavy atom. The van der Waals surface area contributed by atoms with E-state index in [9.17, 15) is 0 Å². The SMILES string of the molecule is c1cc(-c2ccc3cc(N(c4ccc5c(ccc6ccccc65)c4)c4cccc5ccccc45)ccc3c2)cc(-c2cc3ccccc3o2)c1. The second-order valence-electron chi connectivity index (χ2n) is 13.0. The number of furan rings is 1. The van der Waals surface area contributed by atoms with Crippen molar-refractivity contribution in [3.8, 4) is 22.5 Å². The first-order valence-electron chi connectivity index (χ1n) is 17.1. The average molecular weight is 638 g/mol. The zero-order valence-electron chi connectivity index (χ0n) is 27.3. The number of rotatable bonds is 5. The molecule has 50 heavy (non-hydrogen) atoms. The fourth-order valence-electron chi connectivity index (χ4n) is 7.50. The van der Waals surface area contributed by atoms with E-state index in [1.807, 2.05) is 18.2 Å². The average Bonchev–Trinajstić information content (AvgIpc) is 3.63. The molecular weight excluding hydrogens is 607 g/mol. The van der Waals surface area contributed by atoms with Crippen LogP contribution in [0.1, 0.15) is 0 Å². The van der Waals surface area contributed by atoms with E-state index in [4.69, 9.17) is 4.42 Å². The van der Waals surface area contributed by atoms with Gasteiger partial charge in [-0.25, -0.2) is 0 Å². The summed E-state index contributed by atoms with van der Waals surface area (Å²) in [5.41, 5.74) is 7.72. The first-order chi connectivity index (χ1) is 24.7. The molecule has 0 bridgehead atoms. The predicted octanol–water partition coefficient (Wildman–Crippen LogP) is 13.8. The molecule has 0 N–H and O–H groups in total. The van der Waals surface area contributed by atoms with Crippen molar-refractivity contribution in [3.05, 3.63) is 188 Å². The lowest BCUT2D eigenvalue weighted by Gasteiger charge is -2.27. The van der Waals surface area contributed by atoms with E-state index in [0.717, 1.165) is 44.9 Å². The highest BCUT2D eigenvalue weighted by atomic mass is 16.3. The van der Waals surface area contributed by atoms with Crippen LogP contribution in [0.15, 0.2) is 192 Å². The van der Waals surface area contributed by atoms with Gasteiger partial charge >= 0.3 is 0 Å². The summed E-state index contributed by atoms with van der Waals surface area (Å²) in [6.45, 7) is 0. The van der Waals surface area contributed by atoms with Gasteiger partial charge in [-0.3, -0.25) is 0 Å². The lowest BCUT2D eigenvalue weighted by atomic mass is 9.98. The molecule has 1 heterocycles. The third kappa shape index (κ3) is 4.81. The molecule has 0 atom stereocenters. The molecule has 10 rings (SSSR count). The Bertz CT molecular complexity index is 2860. The molecule has 0 aliphatic carbocycles. The van der Waals surface area contributed by atoms with Gasteiger partial charge in [0, 0.05) is 27.7 Å². The number of anilines is 3. The monoisotopic (exact) mass is 637 g/mol. The normalized spacial score (nSPS) is 11.6. The topological polar surface area (TPSA) is 16.4 Å². The van der Waals surface area contributed by atoms with Crippen molar-refractivity contribution in [3.63, 3.8) is 0 Å². The largest absolute Gasteiger partial charge is 0.456 e. The number of hydrogen-bond acceptors (Lipinski definition) is 2. The molecule has 0 aliphatic rings. The molecule has 0 fully saturated rings. The second-order valence-corrected chi connectivity index (χ2v) is 13.0. The van der Waals surface area contributed by atoms with Crippen LogP contribution in [0.2, 0.25) is 0 Å². The highest BCUT2D eigenvalue weighted by molar-refractivity contribution is 6.09. The minimum Gasteiger partial charge on any atom is -0.456 e. The molecule has 234 valence electrons. The third-order valence-corrected chi connectivity index (χ3v) is 9.98. The van der Waals surface area contributed by atoms with E-state index in [1.54, 1.807) is 0 Å². The van der Waals surface area contributed by atoms with Gasteiger partial charge in [-0.2, -0.15) is 0 Å². The van der Waals surface area contributed by atoms with Crippen LogP contribution in [-0.4, -0.2) is 0 Å². The molecule has 0 radical (unpaired) electrons. The summed E-state index contributed by atoms with van der Waals surface area (Å²) in [7, 11) is 0. The highest BCUT2D eigenvalue weighted by Crippen LogP contribution is 2.42. The smallest absolute Gasteiger partial charge is 0.135 e. The lowest BCUT2D eigenvalue weighted by molar-refractivity contribution is 0.631. The Balaban J connectivity index is 1.08. The third-order valence-electron chi connectivity index (χ3n) is 9.98. The fourth-order valence-corrected chi connectivity index (χ4v) is 7.50. The molecule has 0 amide bonds. The molecule has 1 aromatic heterocycles. The molecule has 10 aromatic rings.